The third-order valence-corrected chi connectivity index (χ3v) is 4.21. The van der Waals surface area contributed by atoms with Crippen molar-refractivity contribution >= 4 is 23.2 Å². The average molecular weight is 299 g/mol. The number of nitrogens with two attached hydrogens (primary N) is 1. The summed E-state index contributed by atoms with van der Waals surface area (Å²) in [6, 6.07) is 5.48. The van der Waals surface area contributed by atoms with Crippen molar-refractivity contribution in [1.82, 2.24) is 5.43 Å². The number of rotatable bonds is 3. The maximum absolute atomic E-state index is 6.28. The van der Waals surface area contributed by atoms with Crippen molar-refractivity contribution in [3.05, 3.63) is 45.5 Å². The van der Waals surface area contributed by atoms with Crippen molar-refractivity contribution in [3.8, 4) is 0 Å². The highest BCUT2D eigenvalue weighted by molar-refractivity contribution is 6.33. The highest BCUT2D eigenvalue weighted by Gasteiger charge is 2.18. The summed E-state index contributed by atoms with van der Waals surface area (Å²) in [5, 5.41) is 1.39. The maximum atomic E-state index is 6.28. The van der Waals surface area contributed by atoms with E-state index >= 15 is 0 Å². The molecule has 1 unspecified atom stereocenters. The smallest absolute Gasteiger partial charge is 0.0685 e. The predicted molar refractivity (Wildman–Crippen MR) is 82.3 cm³/mol. The summed E-state index contributed by atoms with van der Waals surface area (Å²) in [4.78, 5) is 0. The first kappa shape index (κ1) is 14.9. The van der Waals surface area contributed by atoms with Crippen LogP contribution in [-0.2, 0) is 0 Å². The zero-order chi connectivity index (χ0) is 13.7. The van der Waals surface area contributed by atoms with E-state index in [1.165, 1.54) is 31.3 Å². The van der Waals surface area contributed by atoms with Crippen LogP contribution >= 0.6 is 23.2 Å². The molecule has 104 valence electrons. The first-order valence-corrected chi connectivity index (χ1v) is 7.58. The van der Waals surface area contributed by atoms with Gasteiger partial charge in [-0.1, -0.05) is 47.7 Å². The molecule has 0 aromatic heterocycles. The molecule has 1 atom stereocenters. The number of nitrogens with one attached hydrogen (secondary N) is 1. The summed E-state index contributed by atoms with van der Waals surface area (Å²) in [6.45, 7) is 0. The average Bonchev–Trinajstić information content (AvgIpc) is 2.36. The van der Waals surface area contributed by atoms with Crippen LogP contribution in [0.3, 0.4) is 0 Å². The lowest BCUT2D eigenvalue weighted by Crippen LogP contribution is -2.30. The number of halogens is 2. The molecule has 1 aliphatic carbocycles. The largest absolute Gasteiger partial charge is 0.271 e. The Hall–Kier alpha value is -0.540. The number of hydrogen-bond donors (Lipinski definition) is 2. The molecule has 19 heavy (non-hydrogen) atoms. The van der Waals surface area contributed by atoms with E-state index in [1.807, 2.05) is 12.1 Å². The van der Waals surface area contributed by atoms with Gasteiger partial charge < -0.3 is 0 Å². The molecule has 2 nitrogen and oxygen atoms in total. The van der Waals surface area contributed by atoms with Gasteiger partial charge in [0.2, 0.25) is 0 Å². The SMILES string of the molecule is NNC(/C1=C/CCCCCC1)c1cc(Cl)ccc1Cl. The number of hydrogen-bond acceptors (Lipinski definition) is 2. The van der Waals surface area contributed by atoms with Crippen LogP contribution in [0.15, 0.2) is 29.8 Å². The van der Waals surface area contributed by atoms with Gasteiger partial charge in [-0.25, -0.2) is 5.43 Å². The molecule has 0 spiro atoms. The summed E-state index contributed by atoms with van der Waals surface area (Å²) in [5.74, 6) is 5.75. The normalized spacial score (nSPS) is 21.1. The van der Waals surface area contributed by atoms with E-state index in [4.69, 9.17) is 29.0 Å². The molecular weight excluding hydrogens is 279 g/mol. The minimum Gasteiger partial charge on any atom is -0.271 e. The van der Waals surface area contributed by atoms with Gasteiger partial charge in [0.15, 0.2) is 0 Å². The molecule has 0 saturated carbocycles. The van der Waals surface area contributed by atoms with Gasteiger partial charge in [-0.2, -0.15) is 0 Å². The van der Waals surface area contributed by atoms with Gasteiger partial charge in [-0.05, 0) is 49.4 Å². The zero-order valence-corrected chi connectivity index (χ0v) is 12.5. The van der Waals surface area contributed by atoms with Gasteiger partial charge in [0.05, 0.1) is 6.04 Å². The molecule has 0 saturated heterocycles. The quantitative estimate of drug-likeness (QED) is 0.479. The fourth-order valence-corrected chi connectivity index (χ4v) is 3.02. The Morgan fingerprint density at radius 1 is 1.11 bits per heavy atom. The van der Waals surface area contributed by atoms with E-state index in [1.54, 1.807) is 6.07 Å². The van der Waals surface area contributed by atoms with Crippen molar-refractivity contribution in [2.45, 2.75) is 44.6 Å². The van der Waals surface area contributed by atoms with E-state index in [-0.39, 0.29) is 6.04 Å². The lowest BCUT2D eigenvalue weighted by Gasteiger charge is -2.23. The second-order valence-corrected chi connectivity index (χ2v) is 5.84. The number of allylic oxidation sites excluding steroid dienone is 1. The van der Waals surface area contributed by atoms with E-state index in [9.17, 15) is 0 Å². The van der Waals surface area contributed by atoms with Crippen molar-refractivity contribution in [2.75, 3.05) is 0 Å². The lowest BCUT2D eigenvalue weighted by molar-refractivity contribution is 0.555. The van der Waals surface area contributed by atoms with Crippen LogP contribution in [0.25, 0.3) is 0 Å². The highest BCUT2D eigenvalue weighted by Crippen LogP contribution is 2.33. The summed E-state index contributed by atoms with van der Waals surface area (Å²) in [6.07, 6.45) is 9.57. The van der Waals surface area contributed by atoms with Crippen molar-refractivity contribution in [2.24, 2.45) is 5.84 Å². The van der Waals surface area contributed by atoms with Crippen molar-refractivity contribution in [1.29, 1.82) is 0 Å². The van der Waals surface area contributed by atoms with E-state index < -0.39 is 0 Å². The predicted octanol–water partition coefficient (Wildman–Crippen LogP) is 4.78. The van der Waals surface area contributed by atoms with Crippen LogP contribution in [0.1, 0.15) is 50.1 Å². The highest BCUT2D eigenvalue weighted by atomic mass is 35.5. The first-order chi connectivity index (χ1) is 9.22. The molecule has 0 amide bonds. The van der Waals surface area contributed by atoms with Crippen LogP contribution in [0, 0.1) is 0 Å². The van der Waals surface area contributed by atoms with E-state index in [0.717, 1.165) is 18.4 Å². The second kappa shape index (κ2) is 7.30. The van der Waals surface area contributed by atoms with Gasteiger partial charge in [0.25, 0.3) is 0 Å². The van der Waals surface area contributed by atoms with Crippen LogP contribution in [0.5, 0.6) is 0 Å². The van der Waals surface area contributed by atoms with Gasteiger partial charge in [0.1, 0.15) is 0 Å². The lowest BCUT2D eigenvalue weighted by atomic mass is 9.91. The fraction of sp³-hybridized carbons (Fsp3) is 0.467. The second-order valence-electron chi connectivity index (χ2n) is 5.00. The Bertz CT molecular complexity index is 457. The fourth-order valence-electron chi connectivity index (χ4n) is 2.61. The Morgan fingerprint density at radius 3 is 2.68 bits per heavy atom. The summed E-state index contributed by atoms with van der Waals surface area (Å²) < 4.78 is 0. The Balaban J connectivity index is 2.29. The first-order valence-electron chi connectivity index (χ1n) is 6.82. The minimum atomic E-state index is -0.0377. The number of hydrazine groups is 1. The Kier molecular flexibility index (Phi) is 5.71. The van der Waals surface area contributed by atoms with Gasteiger partial charge in [-0.3, -0.25) is 5.84 Å². The number of benzene rings is 1. The molecular formula is C15H20Cl2N2. The Morgan fingerprint density at radius 2 is 1.89 bits per heavy atom. The maximum Gasteiger partial charge on any atom is 0.0685 e. The topological polar surface area (TPSA) is 38.0 Å². The molecule has 0 aliphatic heterocycles. The molecule has 0 radical (unpaired) electrons. The molecule has 0 heterocycles. The molecule has 2 rings (SSSR count). The molecule has 1 aromatic rings. The minimum absolute atomic E-state index is 0.0377. The van der Waals surface area contributed by atoms with Gasteiger partial charge in [-0.15, -0.1) is 0 Å². The molecule has 0 bridgehead atoms. The summed E-state index contributed by atoms with van der Waals surface area (Å²) >= 11 is 12.3. The molecule has 1 aliphatic rings. The standard InChI is InChI=1S/C15H20Cl2N2/c16-12-8-9-14(17)13(10-12)15(19-18)11-6-4-2-1-3-5-7-11/h6,8-10,15,19H,1-5,7,18H2/b11-6+. The third-order valence-electron chi connectivity index (χ3n) is 3.63. The van der Waals surface area contributed by atoms with Gasteiger partial charge in [0, 0.05) is 10.0 Å². The van der Waals surface area contributed by atoms with Crippen molar-refractivity contribution in [3.63, 3.8) is 0 Å². The summed E-state index contributed by atoms with van der Waals surface area (Å²) in [7, 11) is 0. The Labute approximate surface area is 124 Å². The molecule has 1 aromatic carbocycles. The monoisotopic (exact) mass is 298 g/mol. The van der Waals surface area contributed by atoms with Crippen LogP contribution in [-0.4, -0.2) is 0 Å². The third kappa shape index (κ3) is 3.96. The molecule has 0 fully saturated rings. The van der Waals surface area contributed by atoms with E-state index in [0.29, 0.717) is 10.0 Å². The summed E-state index contributed by atoms with van der Waals surface area (Å²) in [5.41, 5.74) is 5.18. The zero-order valence-electron chi connectivity index (χ0n) is 11.0. The van der Waals surface area contributed by atoms with Gasteiger partial charge >= 0.3 is 0 Å². The molecule has 3 N–H and O–H groups in total. The van der Waals surface area contributed by atoms with Crippen LogP contribution in [0.2, 0.25) is 10.0 Å². The van der Waals surface area contributed by atoms with Crippen LogP contribution in [0.4, 0.5) is 0 Å². The van der Waals surface area contributed by atoms with E-state index in [2.05, 4.69) is 11.5 Å². The van der Waals surface area contributed by atoms with Crippen LogP contribution < -0.4 is 11.3 Å². The van der Waals surface area contributed by atoms with Crippen molar-refractivity contribution < 1.29 is 0 Å². The molecule has 4 heteroatoms.